The van der Waals surface area contributed by atoms with Gasteiger partial charge in [-0.25, -0.2) is 0 Å². The van der Waals surface area contributed by atoms with Crippen molar-refractivity contribution >= 4 is 19.5 Å². The van der Waals surface area contributed by atoms with E-state index in [0.29, 0.717) is 13.0 Å². The highest BCUT2D eigenvalue weighted by molar-refractivity contribution is 6.14. The summed E-state index contributed by atoms with van der Waals surface area (Å²) in [4.78, 5) is 23.3. The van der Waals surface area contributed by atoms with Crippen LogP contribution in [0.4, 0.5) is 0 Å². The average Bonchev–Trinajstić information content (AvgIpc) is 1.85. The second-order valence-corrected chi connectivity index (χ2v) is 2.82. The van der Waals surface area contributed by atoms with Crippen LogP contribution < -0.4 is 0 Å². The van der Waals surface area contributed by atoms with Crippen LogP contribution in [0.2, 0.25) is 0 Å². The van der Waals surface area contributed by atoms with E-state index >= 15 is 0 Å². The molecule has 0 saturated carbocycles. The van der Waals surface area contributed by atoms with E-state index in [1.54, 1.807) is 0 Å². The molecule has 1 aliphatic rings. The molecular formula is C7H10BNO2. The Morgan fingerprint density at radius 3 is 2.73 bits per heavy atom. The van der Waals surface area contributed by atoms with Gasteiger partial charge in [0.1, 0.15) is 6.04 Å². The predicted molar refractivity (Wildman–Crippen MR) is 41.2 cm³/mol. The minimum atomic E-state index is -0.677. The molecule has 0 aromatic heterocycles. The molecule has 11 heavy (non-hydrogen) atoms. The van der Waals surface area contributed by atoms with Crippen LogP contribution in [-0.2, 0) is 9.59 Å². The van der Waals surface area contributed by atoms with E-state index < -0.39 is 6.04 Å². The standard InChI is InChI=1S/C7H10BNO2/c1-5(10)7-6(11)3-2-4-9(7)8/h7H,2-4H2,1H3. The first-order chi connectivity index (χ1) is 5.13. The largest absolute Gasteiger partial charge is 0.339 e. The number of rotatable bonds is 1. The number of carbonyl (C=O) groups is 2. The first kappa shape index (κ1) is 8.46. The number of Topliss-reactive ketones (excluding diaryl/α,β-unsaturated/α-hetero) is 2. The molecule has 1 saturated heterocycles. The van der Waals surface area contributed by atoms with Crippen LogP contribution in [0.15, 0.2) is 0 Å². The molecule has 1 rings (SSSR count). The van der Waals surface area contributed by atoms with E-state index in [0.717, 1.165) is 6.42 Å². The van der Waals surface area contributed by atoms with Crippen LogP contribution in [0, 0.1) is 0 Å². The summed E-state index contributed by atoms with van der Waals surface area (Å²) in [6.45, 7) is 2.03. The van der Waals surface area contributed by atoms with E-state index in [4.69, 9.17) is 7.98 Å². The van der Waals surface area contributed by atoms with Crippen molar-refractivity contribution in [2.75, 3.05) is 6.54 Å². The fourth-order valence-electron chi connectivity index (χ4n) is 1.35. The van der Waals surface area contributed by atoms with Crippen molar-refractivity contribution in [1.29, 1.82) is 0 Å². The molecule has 58 valence electrons. The number of hydrogen-bond donors (Lipinski definition) is 0. The van der Waals surface area contributed by atoms with Gasteiger partial charge in [0, 0.05) is 6.42 Å². The molecule has 0 N–H and O–H groups in total. The number of piperidine rings is 1. The third-order valence-electron chi connectivity index (χ3n) is 1.86. The van der Waals surface area contributed by atoms with E-state index in [-0.39, 0.29) is 11.6 Å². The molecule has 3 nitrogen and oxygen atoms in total. The summed E-state index contributed by atoms with van der Waals surface area (Å²) in [5, 5.41) is 0. The predicted octanol–water partition coefficient (Wildman–Crippen LogP) is -0.308. The smallest absolute Gasteiger partial charge is 0.184 e. The van der Waals surface area contributed by atoms with Crippen LogP contribution >= 0.6 is 0 Å². The molecule has 0 bridgehead atoms. The van der Waals surface area contributed by atoms with Gasteiger partial charge in [0.15, 0.2) is 19.5 Å². The maximum absolute atomic E-state index is 11.1. The maximum Gasteiger partial charge on any atom is 0.184 e. The van der Waals surface area contributed by atoms with Gasteiger partial charge in [0.25, 0.3) is 0 Å². The number of nitrogens with zero attached hydrogens (tertiary/aromatic N) is 1. The minimum absolute atomic E-state index is 0.0498. The van der Waals surface area contributed by atoms with Crippen molar-refractivity contribution in [2.45, 2.75) is 25.8 Å². The topological polar surface area (TPSA) is 37.4 Å². The lowest BCUT2D eigenvalue weighted by Crippen LogP contribution is -2.48. The summed E-state index contributed by atoms with van der Waals surface area (Å²) in [5.41, 5.74) is 0. The number of hydrogen-bond acceptors (Lipinski definition) is 3. The molecule has 0 spiro atoms. The summed E-state index contributed by atoms with van der Waals surface area (Å²) >= 11 is 0. The molecule has 1 atom stereocenters. The Labute approximate surface area is 67.2 Å². The fourth-order valence-corrected chi connectivity index (χ4v) is 1.35. The minimum Gasteiger partial charge on any atom is -0.339 e. The normalized spacial score (nSPS) is 27.0. The molecule has 0 aromatic carbocycles. The van der Waals surface area contributed by atoms with Crippen LogP contribution in [0.1, 0.15) is 19.8 Å². The molecule has 1 fully saturated rings. The molecular weight excluding hydrogens is 141 g/mol. The summed E-state index contributed by atoms with van der Waals surface area (Å²) in [7, 11) is 5.46. The summed E-state index contributed by atoms with van der Waals surface area (Å²) < 4.78 is 0. The Morgan fingerprint density at radius 1 is 1.73 bits per heavy atom. The van der Waals surface area contributed by atoms with E-state index in [1.165, 1.54) is 11.7 Å². The number of carbonyl (C=O) groups excluding carboxylic acids is 2. The van der Waals surface area contributed by atoms with Gasteiger partial charge in [-0.1, -0.05) is 0 Å². The van der Waals surface area contributed by atoms with Gasteiger partial charge in [-0.3, -0.25) is 9.59 Å². The Hall–Kier alpha value is -0.635. The van der Waals surface area contributed by atoms with Crippen LogP contribution in [-0.4, -0.2) is 36.9 Å². The molecule has 1 aliphatic heterocycles. The summed E-state index contributed by atoms with van der Waals surface area (Å²) in [6, 6.07) is -0.677. The van der Waals surface area contributed by atoms with E-state index in [2.05, 4.69) is 0 Å². The third-order valence-corrected chi connectivity index (χ3v) is 1.86. The number of ketones is 2. The van der Waals surface area contributed by atoms with Crippen molar-refractivity contribution in [3.8, 4) is 0 Å². The lowest BCUT2D eigenvalue weighted by Gasteiger charge is -2.29. The highest BCUT2D eigenvalue weighted by Gasteiger charge is 2.29. The third kappa shape index (κ3) is 1.68. The molecule has 1 unspecified atom stereocenters. The second-order valence-electron chi connectivity index (χ2n) is 2.82. The summed E-state index contributed by atoms with van der Waals surface area (Å²) in [5.74, 6) is -0.205. The molecule has 0 aromatic rings. The SMILES string of the molecule is [B]N1CCCC(=O)C1C(C)=O. The molecule has 0 aliphatic carbocycles. The zero-order valence-electron chi connectivity index (χ0n) is 6.54. The highest BCUT2D eigenvalue weighted by atomic mass is 16.2. The van der Waals surface area contributed by atoms with Crippen LogP contribution in [0.25, 0.3) is 0 Å². The van der Waals surface area contributed by atoms with Crippen LogP contribution in [0.5, 0.6) is 0 Å². The van der Waals surface area contributed by atoms with E-state index in [9.17, 15) is 9.59 Å². The van der Waals surface area contributed by atoms with Crippen molar-refractivity contribution in [1.82, 2.24) is 4.81 Å². The van der Waals surface area contributed by atoms with Crippen LogP contribution in [0.3, 0.4) is 0 Å². The van der Waals surface area contributed by atoms with Gasteiger partial charge in [-0.15, -0.1) is 0 Å². The van der Waals surface area contributed by atoms with Gasteiger partial charge in [0.05, 0.1) is 0 Å². The van der Waals surface area contributed by atoms with Crippen molar-refractivity contribution in [2.24, 2.45) is 0 Å². The molecule has 2 radical (unpaired) electrons. The van der Waals surface area contributed by atoms with Crippen molar-refractivity contribution in [3.05, 3.63) is 0 Å². The Balaban J connectivity index is 2.70. The van der Waals surface area contributed by atoms with Gasteiger partial charge >= 0.3 is 0 Å². The molecule has 1 heterocycles. The monoisotopic (exact) mass is 151 g/mol. The van der Waals surface area contributed by atoms with Gasteiger partial charge < -0.3 is 4.81 Å². The van der Waals surface area contributed by atoms with E-state index in [1.807, 2.05) is 0 Å². The van der Waals surface area contributed by atoms with Gasteiger partial charge in [-0.05, 0) is 19.9 Å². The maximum atomic E-state index is 11.1. The van der Waals surface area contributed by atoms with Crippen molar-refractivity contribution < 1.29 is 9.59 Å². The fraction of sp³-hybridized carbons (Fsp3) is 0.714. The van der Waals surface area contributed by atoms with Crippen molar-refractivity contribution in [3.63, 3.8) is 0 Å². The first-order valence-electron chi connectivity index (χ1n) is 3.67. The zero-order valence-corrected chi connectivity index (χ0v) is 6.54. The Morgan fingerprint density at radius 2 is 2.36 bits per heavy atom. The Bertz CT molecular complexity index is 193. The van der Waals surface area contributed by atoms with Gasteiger partial charge in [0.2, 0.25) is 0 Å². The molecule has 4 heteroatoms. The lowest BCUT2D eigenvalue weighted by molar-refractivity contribution is -0.133. The highest BCUT2D eigenvalue weighted by Crippen LogP contribution is 2.11. The summed E-state index contributed by atoms with van der Waals surface area (Å²) in [6.07, 6.45) is 1.25. The Kier molecular flexibility index (Phi) is 2.44. The lowest BCUT2D eigenvalue weighted by atomic mass is 9.95. The second kappa shape index (κ2) is 3.18. The average molecular weight is 151 g/mol. The van der Waals surface area contributed by atoms with Gasteiger partial charge in [-0.2, -0.15) is 0 Å². The first-order valence-corrected chi connectivity index (χ1v) is 3.67. The zero-order chi connectivity index (χ0) is 8.43. The molecule has 0 amide bonds. The quantitative estimate of drug-likeness (QED) is 0.381.